The van der Waals surface area contributed by atoms with Crippen molar-refractivity contribution in [3.63, 3.8) is 0 Å². The molecule has 0 radical (unpaired) electrons. The fourth-order valence-electron chi connectivity index (χ4n) is 3.07. The zero-order valence-electron chi connectivity index (χ0n) is 16.0. The molecule has 28 heavy (non-hydrogen) atoms. The number of pyridine rings is 1. The maximum atomic E-state index is 12.6. The van der Waals surface area contributed by atoms with E-state index in [0.29, 0.717) is 23.5 Å². The Morgan fingerprint density at radius 3 is 2.54 bits per heavy atom. The van der Waals surface area contributed by atoms with Crippen LogP contribution in [0.1, 0.15) is 17.3 Å². The van der Waals surface area contributed by atoms with Crippen LogP contribution in [0, 0.1) is 0 Å². The molecule has 3 rings (SSSR count). The molecule has 1 aliphatic rings. The molecule has 0 saturated carbocycles. The minimum atomic E-state index is -0.640. The Hall–Kier alpha value is -2.60. The lowest BCUT2D eigenvalue weighted by atomic mass is 10.2. The van der Waals surface area contributed by atoms with Gasteiger partial charge in [0.25, 0.3) is 0 Å². The first-order valence-electron chi connectivity index (χ1n) is 8.66. The van der Waals surface area contributed by atoms with E-state index in [1.165, 1.54) is 12.4 Å². The number of esters is 1. The molecule has 0 spiro atoms. The van der Waals surface area contributed by atoms with Crippen molar-refractivity contribution >= 4 is 23.0 Å². The van der Waals surface area contributed by atoms with E-state index in [1.807, 2.05) is 0 Å². The van der Waals surface area contributed by atoms with Gasteiger partial charge in [0, 0.05) is 52.2 Å². The molecular formula is C17H27N5O6. The van der Waals surface area contributed by atoms with Gasteiger partial charge in [-0.05, 0) is 6.92 Å². The molecule has 0 amide bonds. The van der Waals surface area contributed by atoms with Crippen LogP contribution < -0.4 is 10.3 Å². The van der Waals surface area contributed by atoms with Gasteiger partial charge in [0.15, 0.2) is 0 Å². The van der Waals surface area contributed by atoms with Crippen LogP contribution in [0.2, 0.25) is 0 Å². The van der Waals surface area contributed by atoms with Gasteiger partial charge in [0.05, 0.1) is 18.6 Å². The van der Waals surface area contributed by atoms with Crippen molar-refractivity contribution in [3.05, 3.63) is 28.2 Å². The van der Waals surface area contributed by atoms with Gasteiger partial charge in [0.1, 0.15) is 11.2 Å². The number of hydrogen-bond acceptors (Lipinski definition) is 8. The molecule has 0 atom stereocenters. The lowest BCUT2D eigenvalue weighted by Gasteiger charge is -2.34. The molecule has 0 aliphatic carbocycles. The standard InChI is InChI=1S/C17H23N5O4.2H2O/c1-3-26-16(25)13-11-20(2)15-12(14(13)24)10-18-17(19-15)22-6-4-21(5-7-22)8-9-23;;/h10-11,23H,3-9H2,1-2H3;2*1H2. The first-order chi connectivity index (χ1) is 12.5. The number of aliphatic hydroxyl groups excluding tert-OH is 1. The Morgan fingerprint density at radius 2 is 1.93 bits per heavy atom. The fourth-order valence-corrected chi connectivity index (χ4v) is 3.07. The largest absolute Gasteiger partial charge is 0.462 e. The predicted octanol–water partition coefficient (Wildman–Crippen LogP) is -2.03. The molecule has 156 valence electrons. The summed E-state index contributed by atoms with van der Waals surface area (Å²) in [5, 5.41) is 9.32. The highest BCUT2D eigenvalue weighted by atomic mass is 16.5. The van der Waals surface area contributed by atoms with Gasteiger partial charge in [-0.2, -0.15) is 4.98 Å². The topological polar surface area (TPSA) is 164 Å². The quantitative estimate of drug-likeness (QED) is 0.564. The zero-order chi connectivity index (χ0) is 18.7. The molecule has 11 heteroatoms. The number of piperazine rings is 1. The van der Waals surface area contributed by atoms with Gasteiger partial charge in [0.2, 0.25) is 11.4 Å². The number of hydrogen-bond donors (Lipinski definition) is 1. The molecule has 1 aliphatic heterocycles. The van der Waals surface area contributed by atoms with Crippen molar-refractivity contribution in [2.75, 3.05) is 50.8 Å². The average Bonchev–Trinajstić information content (AvgIpc) is 2.65. The van der Waals surface area contributed by atoms with E-state index < -0.39 is 11.4 Å². The van der Waals surface area contributed by atoms with Crippen LogP contribution in [0.3, 0.4) is 0 Å². The molecule has 5 N–H and O–H groups in total. The number of anilines is 1. The van der Waals surface area contributed by atoms with Crippen molar-refractivity contribution in [1.82, 2.24) is 19.4 Å². The van der Waals surface area contributed by atoms with Gasteiger partial charge in [-0.15, -0.1) is 0 Å². The van der Waals surface area contributed by atoms with Crippen LogP contribution in [-0.4, -0.2) is 87.4 Å². The third-order valence-electron chi connectivity index (χ3n) is 4.47. The van der Waals surface area contributed by atoms with E-state index in [4.69, 9.17) is 9.84 Å². The highest BCUT2D eigenvalue weighted by Crippen LogP contribution is 2.15. The number of carbonyl (C=O) groups excluding carboxylic acids is 1. The number of fused-ring (bicyclic) bond motifs is 1. The molecule has 3 heterocycles. The number of aryl methyl sites for hydroxylation is 1. The second-order valence-electron chi connectivity index (χ2n) is 6.16. The summed E-state index contributed by atoms with van der Waals surface area (Å²) in [6, 6.07) is 0. The Morgan fingerprint density at radius 1 is 1.25 bits per heavy atom. The Kier molecular flexibility index (Phi) is 8.44. The van der Waals surface area contributed by atoms with E-state index >= 15 is 0 Å². The summed E-state index contributed by atoms with van der Waals surface area (Å²) in [5.74, 6) is -0.0842. The van der Waals surface area contributed by atoms with Gasteiger partial charge in [-0.1, -0.05) is 0 Å². The highest BCUT2D eigenvalue weighted by Gasteiger charge is 2.21. The summed E-state index contributed by atoms with van der Waals surface area (Å²) in [6.45, 7) is 5.86. The predicted molar refractivity (Wildman–Crippen MR) is 104 cm³/mol. The molecule has 11 nitrogen and oxygen atoms in total. The molecule has 2 aromatic heterocycles. The van der Waals surface area contributed by atoms with Gasteiger partial charge >= 0.3 is 5.97 Å². The van der Waals surface area contributed by atoms with Crippen molar-refractivity contribution < 1.29 is 25.6 Å². The number of rotatable bonds is 5. The maximum Gasteiger partial charge on any atom is 0.343 e. The molecule has 1 fully saturated rings. The van der Waals surface area contributed by atoms with E-state index in [2.05, 4.69) is 19.8 Å². The number of ether oxygens (including phenoxy) is 1. The second-order valence-corrected chi connectivity index (χ2v) is 6.16. The molecule has 2 aromatic rings. The number of β-amino-alcohol motifs (C(OH)–C–C–N with tert-alkyl or cyclic N) is 1. The first-order valence-corrected chi connectivity index (χ1v) is 8.66. The van der Waals surface area contributed by atoms with Crippen LogP contribution in [0.5, 0.6) is 0 Å². The third kappa shape index (κ3) is 4.62. The fraction of sp³-hybridized carbons (Fsp3) is 0.529. The SMILES string of the molecule is CCOC(=O)c1cn(C)c2nc(N3CCN(CCO)CC3)ncc2c1=O.O.O. The average molecular weight is 397 g/mol. The zero-order valence-corrected chi connectivity index (χ0v) is 16.0. The summed E-state index contributed by atoms with van der Waals surface area (Å²) in [4.78, 5) is 37.6. The van der Waals surface area contributed by atoms with Crippen LogP contribution in [0.25, 0.3) is 11.0 Å². The molecular weight excluding hydrogens is 370 g/mol. The lowest BCUT2D eigenvalue weighted by Crippen LogP contribution is -2.47. The highest BCUT2D eigenvalue weighted by molar-refractivity contribution is 5.93. The van der Waals surface area contributed by atoms with Crippen molar-refractivity contribution in [3.8, 4) is 0 Å². The van der Waals surface area contributed by atoms with E-state index in [9.17, 15) is 9.59 Å². The summed E-state index contributed by atoms with van der Waals surface area (Å²) in [6.07, 6.45) is 2.93. The van der Waals surface area contributed by atoms with Crippen LogP contribution in [0.15, 0.2) is 17.2 Å². The Balaban J connectivity index is 0.00000196. The molecule has 0 aromatic carbocycles. The number of nitrogens with zero attached hydrogens (tertiary/aromatic N) is 5. The van der Waals surface area contributed by atoms with Gasteiger partial charge in [-0.3, -0.25) is 9.69 Å². The van der Waals surface area contributed by atoms with Gasteiger partial charge in [-0.25, -0.2) is 9.78 Å². The lowest BCUT2D eigenvalue weighted by molar-refractivity contribution is 0.0524. The molecule has 0 unspecified atom stereocenters. The van der Waals surface area contributed by atoms with E-state index in [0.717, 1.165) is 26.2 Å². The van der Waals surface area contributed by atoms with Crippen LogP contribution in [0.4, 0.5) is 5.95 Å². The maximum absolute atomic E-state index is 12.6. The van der Waals surface area contributed by atoms with Crippen LogP contribution in [-0.2, 0) is 11.8 Å². The first kappa shape index (κ1) is 23.4. The smallest absolute Gasteiger partial charge is 0.343 e. The van der Waals surface area contributed by atoms with E-state index in [1.54, 1.807) is 18.5 Å². The van der Waals surface area contributed by atoms with Crippen molar-refractivity contribution in [1.29, 1.82) is 0 Å². The summed E-state index contributed by atoms with van der Waals surface area (Å²) in [5.41, 5.74) is 0.0394. The minimum Gasteiger partial charge on any atom is -0.462 e. The minimum absolute atomic E-state index is 0. The van der Waals surface area contributed by atoms with Crippen molar-refractivity contribution in [2.45, 2.75) is 6.92 Å². The van der Waals surface area contributed by atoms with Gasteiger partial charge < -0.3 is 30.3 Å². The normalized spacial score (nSPS) is 14.3. The van der Waals surface area contributed by atoms with Crippen molar-refractivity contribution in [2.24, 2.45) is 7.05 Å². The summed E-state index contributed by atoms with van der Waals surface area (Å²) < 4.78 is 6.59. The van der Waals surface area contributed by atoms with E-state index in [-0.39, 0.29) is 29.7 Å². The molecule has 1 saturated heterocycles. The number of aromatic nitrogens is 3. The number of carbonyl (C=O) groups is 1. The van der Waals surface area contributed by atoms with Crippen LogP contribution >= 0.6 is 0 Å². The summed E-state index contributed by atoms with van der Waals surface area (Å²) in [7, 11) is 1.74. The third-order valence-corrected chi connectivity index (χ3v) is 4.47. The summed E-state index contributed by atoms with van der Waals surface area (Å²) >= 11 is 0. The monoisotopic (exact) mass is 397 g/mol. The molecule has 0 bridgehead atoms. The Bertz CT molecular complexity index is 863. The number of aliphatic hydroxyl groups is 1. The Labute approximate surface area is 161 Å². The second kappa shape index (κ2) is 10.1.